The van der Waals surface area contributed by atoms with Crippen molar-refractivity contribution in [2.45, 2.75) is 25.8 Å². The summed E-state index contributed by atoms with van der Waals surface area (Å²) in [5, 5.41) is 5.08. The summed E-state index contributed by atoms with van der Waals surface area (Å²) in [6.45, 7) is 1.58. The molecule has 1 aromatic carbocycles. The number of benzene rings is 1. The van der Waals surface area contributed by atoms with Crippen LogP contribution in [0.2, 0.25) is 0 Å². The van der Waals surface area contributed by atoms with Crippen LogP contribution in [0.4, 0.5) is 5.69 Å². The number of nitrogens with zero attached hydrogens (tertiary/aromatic N) is 1. The second-order valence-electron chi connectivity index (χ2n) is 6.84. The standard InChI is InChI=1S/C21H23N3O6/c1-14(17-4-3-11-29-17)23-18(25)13-30-20(27)12-22-21(28)15-6-8-16(9-7-15)24-10-2-5-19(24)26/h3-4,6-9,11,14H,2,5,10,12-13H2,1H3,(H,22,28)(H,23,25)/t14-/m0/s1. The molecule has 9 heteroatoms. The van der Waals surface area contributed by atoms with Gasteiger partial charge in [-0.2, -0.15) is 0 Å². The van der Waals surface area contributed by atoms with Crippen LogP contribution >= 0.6 is 0 Å². The van der Waals surface area contributed by atoms with Crippen LogP contribution in [0.3, 0.4) is 0 Å². The van der Waals surface area contributed by atoms with E-state index in [-0.39, 0.29) is 18.5 Å². The molecule has 1 aliphatic heterocycles. The van der Waals surface area contributed by atoms with Gasteiger partial charge in [-0.05, 0) is 49.7 Å². The van der Waals surface area contributed by atoms with Gasteiger partial charge in [-0.15, -0.1) is 0 Å². The van der Waals surface area contributed by atoms with Crippen molar-refractivity contribution in [1.82, 2.24) is 10.6 Å². The van der Waals surface area contributed by atoms with Gasteiger partial charge in [-0.1, -0.05) is 0 Å². The molecule has 30 heavy (non-hydrogen) atoms. The number of rotatable bonds is 8. The Hall–Kier alpha value is -3.62. The molecule has 1 aromatic heterocycles. The molecule has 3 rings (SSSR count). The van der Waals surface area contributed by atoms with Gasteiger partial charge in [-0.25, -0.2) is 0 Å². The summed E-state index contributed by atoms with van der Waals surface area (Å²) >= 11 is 0. The summed E-state index contributed by atoms with van der Waals surface area (Å²) in [5.74, 6) is -1.02. The zero-order valence-electron chi connectivity index (χ0n) is 16.6. The van der Waals surface area contributed by atoms with Crippen LogP contribution in [0.5, 0.6) is 0 Å². The van der Waals surface area contributed by atoms with Crippen molar-refractivity contribution in [3.8, 4) is 0 Å². The van der Waals surface area contributed by atoms with Crippen LogP contribution < -0.4 is 15.5 Å². The molecule has 0 spiro atoms. The zero-order valence-corrected chi connectivity index (χ0v) is 16.6. The highest BCUT2D eigenvalue weighted by molar-refractivity contribution is 5.98. The number of ether oxygens (including phenoxy) is 1. The lowest BCUT2D eigenvalue weighted by Crippen LogP contribution is -2.34. The van der Waals surface area contributed by atoms with Gasteiger partial charge in [0.1, 0.15) is 12.3 Å². The highest BCUT2D eigenvalue weighted by Crippen LogP contribution is 2.21. The molecule has 9 nitrogen and oxygen atoms in total. The van der Waals surface area contributed by atoms with Crippen molar-refractivity contribution in [2.75, 3.05) is 24.6 Å². The molecule has 0 saturated carbocycles. The summed E-state index contributed by atoms with van der Waals surface area (Å²) in [6, 6.07) is 9.64. The summed E-state index contributed by atoms with van der Waals surface area (Å²) in [7, 11) is 0. The predicted octanol–water partition coefficient (Wildman–Crippen LogP) is 1.56. The van der Waals surface area contributed by atoms with Gasteiger partial charge in [0.25, 0.3) is 11.8 Å². The van der Waals surface area contributed by atoms with E-state index in [1.807, 2.05) is 0 Å². The van der Waals surface area contributed by atoms with E-state index in [1.165, 1.54) is 6.26 Å². The van der Waals surface area contributed by atoms with Crippen LogP contribution in [-0.2, 0) is 19.1 Å². The SMILES string of the molecule is C[C@H](NC(=O)COC(=O)CNC(=O)c1ccc(N2CCCC2=O)cc1)c1ccco1. The Balaban J connectivity index is 1.39. The van der Waals surface area contributed by atoms with Gasteiger partial charge >= 0.3 is 5.97 Å². The zero-order chi connectivity index (χ0) is 21.5. The third-order valence-electron chi connectivity index (χ3n) is 4.62. The summed E-state index contributed by atoms with van der Waals surface area (Å²) in [6.07, 6.45) is 2.85. The lowest BCUT2D eigenvalue weighted by atomic mass is 10.2. The molecular weight excluding hydrogens is 390 g/mol. The number of hydrogen-bond donors (Lipinski definition) is 2. The molecular formula is C21H23N3O6. The van der Waals surface area contributed by atoms with E-state index < -0.39 is 24.4 Å². The minimum Gasteiger partial charge on any atom is -0.467 e. The Bertz CT molecular complexity index is 907. The van der Waals surface area contributed by atoms with Gasteiger partial charge in [0.15, 0.2) is 6.61 Å². The number of esters is 1. The molecule has 0 bridgehead atoms. The first kappa shape index (κ1) is 21.1. The van der Waals surface area contributed by atoms with Crippen molar-refractivity contribution in [3.05, 3.63) is 54.0 Å². The third kappa shape index (κ3) is 5.47. The molecule has 1 atom stereocenters. The molecule has 158 valence electrons. The van der Waals surface area contributed by atoms with E-state index in [2.05, 4.69) is 10.6 Å². The highest BCUT2D eigenvalue weighted by atomic mass is 16.5. The Morgan fingerprint density at radius 1 is 1.20 bits per heavy atom. The summed E-state index contributed by atoms with van der Waals surface area (Å²) in [5.41, 5.74) is 1.09. The molecule has 0 radical (unpaired) electrons. The number of carbonyl (C=O) groups excluding carboxylic acids is 4. The number of nitrogens with one attached hydrogen (secondary N) is 2. The number of amides is 3. The Labute approximate surface area is 173 Å². The minimum absolute atomic E-state index is 0.0672. The molecule has 2 N–H and O–H groups in total. The number of furan rings is 1. The fraction of sp³-hybridized carbons (Fsp3) is 0.333. The molecule has 2 heterocycles. The maximum atomic E-state index is 12.2. The summed E-state index contributed by atoms with van der Waals surface area (Å²) < 4.78 is 10.0. The van der Waals surface area contributed by atoms with Crippen molar-refractivity contribution in [3.63, 3.8) is 0 Å². The maximum absolute atomic E-state index is 12.2. The molecule has 3 amide bonds. The van der Waals surface area contributed by atoms with Crippen LogP contribution in [0, 0.1) is 0 Å². The quantitative estimate of drug-likeness (QED) is 0.634. The average molecular weight is 413 g/mol. The van der Waals surface area contributed by atoms with Crippen LogP contribution in [-0.4, -0.2) is 43.4 Å². The lowest BCUT2D eigenvalue weighted by Gasteiger charge is -2.15. The van der Waals surface area contributed by atoms with Crippen molar-refractivity contribution in [1.29, 1.82) is 0 Å². The van der Waals surface area contributed by atoms with E-state index in [0.29, 0.717) is 24.3 Å². The Morgan fingerprint density at radius 2 is 1.97 bits per heavy atom. The summed E-state index contributed by atoms with van der Waals surface area (Å²) in [4.78, 5) is 49.2. The van der Waals surface area contributed by atoms with Crippen molar-refractivity contribution < 1.29 is 28.3 Å². The first-order valence-corrected chi connectivity index (χ1v) is 9.61. The van der Waals surface area contributed by atoms with E-state index in [0.717, 1.165) is 12.1 Å². The second-order valence-corrected chi connectivity index (χ2v) is 6.84. The van der Waals surface area contributed by atoms with Crippen LogP contribution in [0.1, 0.15) is 41.9 Å². The first-order valence-electron chi connectivity index (χ1n) is 9.61. The Kier molecular flexibility index (Phi) is 6.84. The van der Waals surface area contributed by atoms with E-state index in [4.69, 9.17) is 9.15 Å². The third-order valence-corrected chi connectivity index (χ3v) is 4.62. The fourth-order valence-corrected chi connectivity index (χ4v) is 3.06. The lowest BCUT2D eigenvalue weighted by molar-refractivity contribution is -0.147. The predicted molar refractivity (Wildman–Crippen MR) is 107 cm³/mol. The monoisotopic (exact) mass is 413 g/mol. The van der Waals surface area contributed by atoms with E-state index in [1.54, 1.807) is 48.2 Å². The highest BCUT2D eigenvalue weighted by Gasteiger charge is 2.21. The molecule has 1 fully saturated rings. The topological polar surface area (TPSA) is 118 Å². The average Bonchev–Trinajstić information content (AvgIpc) is 3.42. The smallest absolute Gasteiger partial charge is 0.325 e. The van der Waals surface area contributed by atoms with Crippen molar-refractivity contribution >= 4 is 29.4 Å². The van der Waals surface area contributed by atoms with Crippen LogP contribution in [0.25, 0.3) is 0 Å². The second kappa shape index (κ2) is 9.73. The van der Waals surface area contributed by atoms with Crippen LogP contribution in [0.15, 0.2) is 47.1 Å². The Morgan fingerprint density at radius 3 is 2.60 bits per heavy atom. The molecule has 2 aromatic rings. The molecule has 1 saturated heterocycles. The van der Waals surface area contributed by atoms with E-state index >= 15 is 0 Å². The number of hydrogen-bond acceptors (Lipinski definition) is 6. The van der Waals surface area contributed by atoms with Gasteiger partial charge in [0, 0.05) is 24.2 Å². The fourth-order valence-electron chi connectivity index (χ4n) is 3.06. The normalized spacial score (nSPS) is 14.3. The minimum atomic E-state index is -0.733. The molecule has 1 aliphatic rings. The maximum Gasteiger partial charge on any atom is 0.325 e. The van der Waals surface area contributed by atoms with Gasteiger partial charge < -0.3 is 24.7 Å². The molecule has 0 aliphatic carbocycles. The number of anilines is 1. The largest absolute Gasteiger partial charge is 0.467 e. The van der Waals surface area contributed by atoms with Gasteiger partial charge in [0.05, 0.1) is 12.3 Å². The van der Waals surface area contributed by atoms with Gasteiger partial charge in [-0.3, -0.25) is 19.2 Å². The van der Waals surface area contributed by atoms with E-state index in [9.17, 15) is 19.2 Å². The first-order chi connectivity index (χ1) is 14.4. The number of carbonyl (C=O) groups is 4. The van der Waals surface area contributed by atoms with Gasteiger partial charge in [0.2, 0.25) is 5.91 Å². The van der Waals surface area contributed by atoms with Crippen molar-refractivity contribution in [2.24, 2.45) is 0 Å². The molecule has 0 unspecified atom stereocenters.